The number of nitrogens with one attached hydrogen (secondary N) is 1. The van der Waals surface area contributed by atoms with Crippen molar-refractivity contribution in [1.29, 1.82) is 0 Å². The molecule has 148 valence electrons. The highest BCUT2D eigenvalue weighted by Crippen LogP contribution is 2.29. The molecule has 0 bridgehead atoms. The molecular weight excluding hydrogens is 378 g/mol. The number of halogens is 1. The summed E-state index contributed by atoms with van der Waals surface area (Å²) in [5, 5.41) is 2.44. The Morgan fingerprint density at radius 3 is 2.82 bits per heavy atom. The normalized spacial score (nSPS) is 21.4. The van der Waals surface area contributed by atoms with Crippen LogP contribution in [0.15, 0.2) is 47.1 Å². The van der Waals surface area contributed by atoms with Crippen molar-refractivity contribution in [2.24, 2.45) is 4.99 Å². The van der Waals surface area contributed by atoms with E-state index >= 15 is 0 Å². The summed E-state index contributed by atoms with van der Waals surface area (Å²) in [6.07, 6.45) is 5.92. The molecule has 0 aromatic heterocycles. The fraction of sp³-hybridized carbons (Fsp3) is 0.400. The number of carbonyl (C=O) groups is 1. The zero-order chi connectivity index (χ0) is 19.7. The molecule has 3 aliphatic heterocycles. The van der Waals surface area contributed by atoms with Crippen molar-refractivity contribution in [1.82, 2.24) is 15.3 Å². The fourth-order valence-corrected chi connectivity index (χ4v) is 3.81. The summed E-state index contributed by atoms with van der Waals surface area (Å²) in [5.74, 6) is 0.778. The fourth-order valence-electron chi connectivity index (χ4n) is 3.62. The Morgan fingerprint density at radius 2 is 2.07 bits per heavy atom. The molecule has 3 aliphatic rings. The van der Waals surface area contributed by atoms with Gasteiger partial charge in [0.25, 0.3) is 0 Å². The lowest BCUT2D eigenvalue weighted by atomic mass is 10.1. The average molecular weight is 402 g/mol. The first-order valence-corrected chi connectivity index (χ1v) is 9.74. The SMILES string of the molecule is COc1cc(N2CCN(C(=O)CN3C=C4C=CC(C)=NC4N3)CC2)ccc1Cl. The Bertz CT molecular complexity index is 858. The highest BCUT2D eigenvalue weighted by Gasteiger charge is 2.27. The van der Waals surface area contributed by atoms with E-state index in [4.69, 9.17) is 16.3 Å². The molecule has 1 unspecified atom stereocenters. The summed E-state index contributed by atoms with van der Waals surface area (Å²) < 4.78 is 5.30. The van der Waals surface area contributed by atoms with Crippen molar-refractivity contribution in [2.75, 3.05) is 44.7 Å². The van der Waals surface area contributed by atoms with E-state index in [2.05, 4.69) is 15.3 Å². The lowest BCUT2D eigenvalue weighted by molar-refractivity contribution is -0.132. The molecule has 1 saturated heterocycles. The number of piperazine rings is 1. The van der Waals surface area contributed by atoms with E-state index in [9.17, 15) is 4.79 Å². The summed E-state index contributed by atoms with van der Waals surface area (Å²) in [4.78, 5) is 21.4. The largest absolute Gasteiger partial charge is 0.495 e. The number of ether oxygens (including phenoxy) is 1. The van der Waals surface area contributed by atoms with Crippen LogP contribution >= 0.6 is 11.6 Å². The van der Waals surface area contributed by atoms with Crippen molar-refractivity contribution < 1.29 is 9.53 Å². The summed E-state index contributed by atoms with van der Waals surface area (Å²) in [5.41, 5.74) is 6.39. The zero-order valence-electron chi connectivity index (χ0n) is 16.1. The number of hydrogen-bond acceptors (Lipinski definition) is 6. The third kappa shape index (κ3) is 3.86. The maximum absolute atomic E-state index is 12.7. The van der Waals surface area contributed by atoms with Crippen LogP contribution in [0.1, 0.15) is 6.92 Å². The number of nitrogens with zero attached hydrogens (tertiary/aromatic N) is 4. The number of aliphatic imine (C=N–C) groups is 1. The van der Waals surface area contributed by atoms with Gasteiger partial charge < -0.3 is 19.5 Å². The number of rotatable bonds is 4. The van der Waals surface area contributed by atoms with E-state index in [1.54, 1.807) is 7.11 Å². The number of methoxy groups -OCH3 is 1. The predicted molar refractivity (Wildman–Crippen MR) is 111 cm³/mol. The standard InChI is InChI=1S/C20H24ClN5O2/c1-14-3-4-15-12-26(23-20(15)22-14)13-19(27)25-9-7-24(8-10-25)16-5-6-17(21)18(11-16)28-2/h3-6,11-12,20,23H,7-10,13H2,1-2H3. The van der Waals surface area contributed by atoms with Crippen LogP contribution < -0.4 is 15.1 Å². The molecule has 7 nitrogen and oxygen atoms in total. The number of hydrazine groups is 1. The Labute approximate surface area is 169 Å². The van der Waals surface area contributed by atoms with Crippen LogP contribution in [0.25, 0.3) is 0 Å². The predicted octanol–water partition coefficient (Wildman–Crippen LogP) is 2.06. The number of hydrogen-bond donors (Lipinski definition) is 1. The van der Waals surface area contributed by atoms with Crippen LogP contribution in [0.4, 0.5) is 5.69 Å². The number of fused-ring (bicyclic) bond motifs is 1. The van der Waals surface area contributed by atoms with Gasteiger partial charge in [-0.1, -0.05) is 17.7 Å². The molecule has 1 fully saturated rings. The van der Waals surface area contributed by atoms with Gasteiger partial charge in [0.1, 0.15) is 18.5 Å². The molecule has 1 aromatic rings. The highest BCUT2D eigenvalue weighted by molar-refractivity contribution is 6.32. The van der Waals surface area contributed by atoms with E-state index in [0.29, 0.717) is 30.4 Å². The van der Waals surface area contributed by atoms with Gasteiger partial charge in [0.2, 0.25) is 5.91 Å². The Morgan fingerprint density at radius 1 is 1.29 bits per heavy atom. The molecule has 0 spiro atoms. The van der Waals surface area contributed by atoms with E-state index < -0.39 is 0 Å². The summed E-state index contributed by atoms with van der Waals surface area (Å²) >= 11 is 6.11. The van der Waals surface area contributed by atoms with Crippen molar-refractivity contribution >= 4 is 28.9 Å². The highest BCUT2D eigenvalue weighted by atomic mass is 35.5. The van der Waals surface area contributed by atoms with Crippen LogP contribution in [0.2, 0.25) is 5.02 Å². The molecule has 1 N–H and O–H groups in total. The number of amides is 1. The van der Waals surface area contributed by atoms with E-state index in [1.165, 1.54) is 0 Å². The molecule has 0 radical (unpaired) electrons. The first-order chi connectivity index (χ1) is 13.5. The molecular formula is C20H24ClN5O2. The molecule has 8 heteroatoms. The second kappa shape index (κ2) is 7.85. The van der Waals surface area contributed by atoms with Gasteiger partial charge in [0.15, 0.2) is 0 Å². The van der Waals surface area contributed by atoms with Crippen LogP contribution in [0, 0.1) is 0 Å². The van der Waals surface area contributed by atoms with Gasteiger partial charge in [-0.05, 0) is 25.1 Å². The first-order valence-electron chi connectivity index (χ1n) is 9.37. The van der Waals surface area contributed by atoms with Gasteiger partial charge in [0, 0.05) is 55.4 Å². The molecule has 1 aromatic carbocycles. The van der Waals surface area contributed by atoms with Crippen LogP contribution in [-0.2, 0) is 4.79 Å². The number of anilines is 1. The van der Waals surface area contributed by atoms with Crippen LogP contribution in [0.3, 0.4) is 0 Å². The van der Waals surface area contributed by atoms with Gasteiger partial charge in [0.05, 0.1) is 12.1 Å². The second-order valence-electron chi connectivity index (χ2n) is 7.08. The summed E-state index contributed by atoms with van der Waals surface area (Å²) in [6.45, 7) is 5.21. The molecule has 28 heavy (non-hydrogen) atoms. The zero-order valence-corrected chi connectivity index (χ0v) is 16.8. The van der Waals surface area contributed by atoms with E-state index in [1.807, 2.05) is 53.4 Å². The number of benzene rings is 1. The van der Waals surface area contributed by atoms with Gasteiger partial charge >= 0.3 is 0 Å². The minimum atomic E-state index is -0.0745. The number of carbonyl (C=O) groups excluding carboxylic acids is 1. The number of allylic oxidation sites excluding steroid dienone is 1. The number of dihydropyridines is 1. The Kier molecular flexibility index (Phi) is 5.28. The lowest BCUT2D eigenvalue weighted by Crippen LogP contribution is -2.52. The molecule has 1 amide bonds. The monoisotopic (exact) mass is 401 g/mol. The molecule has 4 rings (SSSR count). The summed E-state index contributed by atoms with van der Waals surface area (Å²) in [7, 11) is 1.61. The smallest absolute Gasteiger partial charge is 0.243 e. The maximum Gasteiger partial charge on any atom is 0.243 e. The third-order valence-electron chi connectivity index (χ3n) is 5.20. The van der Waals surface area contributed by atoms with Gasteiger partial charge in [-0.2, -0.15) is 0 Å². The van der Waals surface area contributed by atoms with E-state index in [-0.39, 0.29) is 12.1 Å². The van der Waals surface area contributed by atoms with E-state index in [0.717, 1.165) is 30.1 Å². The summed E-state index contributed by atoms with van der Waals surface area (Å²) in [6, 6.07) is 5.77. The lowest BCUT2D eigenvalue weighted by Gasteiger charge is -2.36. The van der Waals surface area contributed by atoms with Crippen LogP contribution in [0.5, 0.6) is 5.75 Å². The van der Waals surface area contributed by atoms with Crippen LogP contribution in [-0.4, -0.2) is 67.5 Å². The first kappa shape index (κ1) is 18.8. The van der Waals surface area contributed by atoms with Crippen molar-refractivity contribution in [3.63, 3.8) is 0 Å². The third-order valence-corrected chi connectivity index (χ3v) is 5.51. The average Bonchev–Trinajstić information content (AvgIpc) is 3.09. The molecule has 0 saturated carbocycles. The minimum Gasteiger partial charge on any atom is -0.495 e. The van der Waals surface area contributed by atoms with Gasteiger partial charge in [-0.25, -0.2) is 5.43 Å². The molecule has 1 atom stereocenters. The topological polar surface area (TPSA) is 60.4 Å². The quantitative estimate of drug-likeness (QED) is 0.836. The van der Waals surface area contributed by atoms with Gasteiger partial charge in [-0.3, -0.25) is 9.79 Å². The van der Waals surface area contributed by atoms with Gasteiger partial charge in [-0.15, -0.1) is 0 Å². The van der Waals surface area contributed by atoms with Crippen molar-refractivity contribution in [2.45, 2.75) is 13.1 Å². The van der Waals surface area contributed by atoms with Crippen molar-refractivity contribution in [3.05, 3.63) is 47.1 Å². The maximum atomic E-state index is 12.7. The molecule has 0 aliphatic carbocycles. The second-order valence-corrected chi connectivity index (χ2v) is 7.49. The Hall–Kier alpha value is -2.51. The Balaban J connectivity index is 1.31. The minimum absolute atomic E-state index is 0.0745. The molecule has 3 heterocycles. The van der Waals surface area contributed by atoms with Crippen molar-refractivity contribution in [3.8, 4) is 5.75 Å².